The number of nitrogens with one attached hydrogen (secondary N) is 1. The summed E-state index contributed by atoms with van der Waals surface area (Å²) in [6.45, 7) is 3.82. The van der Waals surface area contributed by atoms with Crippen LogP contribution in [-0.4, -0.2) is 32.5 Å². The lowest BCUT2D eigenvalue weighted by molar-refractivity contribution is 0.601. The first-order chi connectivity index (χ1) is 9.79. The van der Waals surface area contributed by atoms with E-state index < -0.39 is 10.0 Å². The van der Waals surface area contributed by atoms with Gasteiger partial charge < -0.3 is 4.90 Å². The highest BCUT2D eigenvalue weighted by Gasteiger charge is 2.15. The molecule has 1 aromatic heterocycles. The number of sulfonamides is 1. The first-order valence-corrected chi connectivity index (χ1v) is 7.87. The molecule has 21 heavy (non-hydrogen) atoms. The third-order valence-electron chi connectivity index (χ3n) is 3.08. The maximum Gasteiger partial charge on any atom is 0.262 e. The number of aromatic nitrogens is 2. The first-order valence-electron chi connectivity index (χ1n) is 6.39. The number of hydrogen-bond donors (Lipinski definition) is 1. The van der Waals surface area contributed by atoms with E-state index in [-0.39, 0.29) is 4.90 Å². The molecule has 0 unspecified atom stereocenters. The van der Waals surface area contributed by atoms with Crippen LogP contribution < -0.4 is 9.62 Å². The van der Waals surface area contributed by atoms with Crippen LogP contribution in [0.4, 0.5) is 11.6 Å². The second-order valence-electron chi connectivity index (χ2n) is 5.02. The molecule has 6 nitrogen and oxygen atoms in total. The summed E-state index contributed by atoms with van der Waals surface area (Å²) in [5.41, 5.74) is 2.31. The molecule has 0 radical (unpaired) electrons. The minimum atomic E-state index is -3.63. The predicted octanol–water partition coefficient (Wildman–Crippen LogP) is 1.96. The quantitative estimate of drug-likeness (QED) is 0.934. The molecule has 0 fully saturated rings. The van der Waals surface area contributed by atoms with Gasteiger partial charge in [-0.15, -0.1) is 0 Å². The average molecular weight is 306 g/mol. The minimum absolute atomic E-state index is 0.224. The van der Waals surface area contributed by atoms with Crippen LogP contribution >= 0.6 is 0 Å². The van der Waals surface area contributed by atoms with Gasteiger partial charge in [-0.3, -0.25) is 4.72 Å². The standard InChI is InChI=1S/C14H18N4O2S/c1-10-5-6-13(7-11(10)2)21(19,20)17-12-8-15-14(16-9-12)18(3)4/h5-9,17H,1-4H3. The number of benzene rings is 1. The highest BCUT2D eigenvalue weighted by atomic mass is 32.2. The summed E-state index contributed by atoms with van der Waals surface area (Å²) in [5.74, 6) is 0.518. The van der Waals surface area contributed by atoms with Gasteiger partial charge in [0.2, 0.25) is 5.95 Å². The number of nitrogens with zero attached hydrogens (tertiary/aromatic N) is 3. The topological polar surface area (TPSA) is 75.2 Å². The van der Waals surface area contributed by atoms with Crippen molar-refractivity contribution < 1.29 is 8.42 Å². The molecular weight excluding hydrogens is 288 g/mol. The summed E-state index contributed by atoms with van der Waals surface area (Å²) < 4.78 is 27.1. The lowest BCUT2D eigenvalue weighted by Crippen LogP contribution is -2.15. The maximum absolute atomic E-state index is 12.3. The summed E-state index contributed by atoms with van der Waals surface area (Å²) in [4.78, 5) is 10.1. The highest BCUT2D eigenvalue weighted by molar-refractivity contribution is 7.92. The van der Waals surface area contributed by atoms with Crippen molar-refractivity contribution in [2.24, 2.45) is 0 Å². The van der Waals surface area contributed by atoms with Gasteiger partial charge in [0.25, 0.3) is 10.0 Å². The lowest BCUT2D eigenvalue weighted by Gasteiger charge is -2.11. The van der Waals surface area contributed by atoms with E-state index in [0.29, 0.717) is 11.6 Å². The zero-order valence-corrected chi connectivity index (χ0v) is 13.3. The predicted molar refractivity (Wildman–Crippen MR) is 83.1 cm³/mol. The van der Waals surface area contributed by atoms with Crippen molar-refractivity contribution in [3.8, 4) is 0 Å². The number of hydrogen-bond acceptors (Lipinski definition) is 5. The third kappa shape index (κ3) is 3.49. The Kier molecular flexibility index (Phi) is 4.13. The van der Waals surface area contributed by atoms with E-state index in [2.05, 4.69) is 14.7 Å². The van der Waals surface area contributed by atoms with Gasteiger partial charge in [0.1, 0.15) is 0 Å². The van der Waals surface area contributed by atoms with E-state index in [1.54, 1.807) is 23.1 Å². The Bertz CT molecular complexity index is 740. The SMILES string of the molecule is Cc1ccc(S(=O)(=O)Nc2cnc(N(C)C)nc2)cc1C. The Labute approximate surface area is 124 Å². The Hall–Kier alpha value is -2.15. The van der Waals surface area contributed by atoms with Crippen LogP contribution in [-0.2, 0) is 10.0 Å². The number of rotatable bonds is 4. The van der Waals surface area contributed by atoms with Crippen molar-refractivity contribution in [1.29, 1.82) is 0 Å². The van der Waals surface area contributed by atoms with Crippen LogP contribution in [0.1, 0.15) is 11.1 Å². The van der Waals surface area contributed by atoms with E-state index in [4.69, 9.17) is 0 Å². The summed E-state index contributed by atoms with van der Waals surface area (Å²) in [5, 5.41) is 0. The van der Waals surface area contributed by atoms with Crippen LogP contribution in [0.15, 0.2) is 35.5 Å². The largest absolute Gasteiger partial charge is 0.347 e. The van der Waals surface area contributed by atoms with E-state index in [0.717, 1.165) is 11.1 Å². The zero-order chi connectivity index (χ0) is 15.6. The normalized spacial score (nSPS) is 11.2. The molecule has 1 N–H and O–H groups in total. The van der Waals surface area contributed by atoms with Crippen molar-refractivity contribution in [2.75, 3.05) is 23.7 Å². The molecule has 0 bridgehead atoms. The molecule has 112 valence electrons. The average Bonchev–Trinajstić information content (AvgIpc) is 2.42. The van der Waals surface area contributed by atoms with Gasteiger partial charge in [0.05, 0.1) is 23.0 Å². The van der Waals surface area contributed by atoms with Crippen LogP contribution in [0.2, 0.25) is 0 Å². The van der Waals surface area contributed by atoms with Crippen molar-refractivity contribution in [1.82, 2.24) is 9.97 Å². The van der Waals surface area contributed by atoms with Crippen LogP contribution in [0.25, 0.3) is 0 Å². The Balaban J connectivity index is 2.26. The summed E-state index contributed by atoms with van der Waals surface area (Å²) >= 11 is 0. The molecule has 0 saturated heterocycles. The monoisotopic (exact) mass is 306 g/mol. The van der Waals surface area contributed by atoms with Crippen molar-refractivity contribution in [3.05, 3.63) is 41.7 Å². The van der Waals surface area contributed by atoms with Crippen LogP contribution in [0, 0.1) is 13.8 Å². The molecule has 0 aliphatic carbocycles. The van der Waals surface area contributed by atoms with Gasteiger partial charge >= 0.3 is 0 Å². The molecule has 0 atom stereocenters. The molecule has 0 amide bonds. The Morgan fingerprint density at radius 2 is 1.67 bits per heavy atom. The molecular formula is C14H18N4O2S. The van der Waals surface area contributed by atoms with Gasteiger partial charge in [-0.05, 0) is 37.1 Å². The number of anilines is 2. The van der Waals surface area contributed by atoms with E-state index in [1.165, 1.54) is 12.4 Å². The Morgan fingerprint density at radius 3 is 2.19 bits per heavy atom. The van der Waals surface area contributed by atoms with Crippen LogP contribution in [0.3, 0.4) is 0 Å². The summed E-state index contributed by atoms with van der Waals surface area (Å²) in [6.07, 6.45) is 2.89. The molecule has 0 aliphatic heterocycles. The maximum atomic E-state index is 12.3. The number of aryl methyl sites for hydroxylation is 2. The fourth-order valence-electron chi connectivity index (χ4n) is 1.70. The fourth-order valence-corrected chi connectivity index (χ4v) is 2.81. The highest BCUT2D eigenvalue weighted by Crippen LogP contribution is 2.18. The van der Waals surface area contributed by atoms with Crippen molar-refractivity contribution in [2.45, 2.75) is 18.7 Å². The molecule has 2 rings (SSSR count). The molecule has 2 aromatic rings. The van der Waals surface area contributed by atoms with E-state index in [1.807, 2.05) is 27.9 Å². The van der Waals surface area contributed by atoms with E-state index >= 15 is 0 Å². The fraction of sp³-hybridized carbons (Fsp3) is 0.286. The van der Waals surface area contributed by atoms with Gasteiger partial charge in [0.15, 0.2) is 0 Å². The van der Waals surface area contributed by atoms with Gasteiger partial charge in [0, 0.05) is 14.1 Å². The van der Waals surface area contributed by atoms with Gasteiger partial charge in [-0.1, -0.05) is 6.07 Å². The molecule has 0 saturated carbocycles. The molecule has 1 aromatic carbocycles. The second-order valence-corrected chi connectivity index (χ2v) is 6.70. The lowest BCUT2D eigenvalue weighted by atomic mass is 10.1. The molecule has 0 spiro atoms. The zero-order valence-electron chi connectivity index (χ0n) is 12.5. The van der Waals surface area contributed by atoms with Gasteiger partial charge in [-0.25, -0.2) is 18.4 Å². The minimum Gasteiger partial charge on any atom is -0.347 e. The summed E-state index contributed by atoms with van der Waals surface area (Å²) in [7, 11) is -0.00180. The van der Waals surface area contributed by atoms with Gasteiger partial charge in [-0.2, -0.15) is 0 Å². The van der Waals surface area contributed by atoms with Crippen LogP contribution in [0.5, 0.6) is 0 Å². The molecule has 0 aliphatic rings. The van der Waals surface area contributed by atoms with Crippen molar-refractivity contribution >= 4 is 21.7 Å². The van der Waals surface area contributed by atoms with E-state index in [9.17, 15) is 8.42 Å². The molecule has 1 heterocycles. The second kappa shape index (κ2) is 5.69. The molecule has 7 heteroatoms. The Morgan fingerprint density at radius 1 is 1.05 bits per heavy atom. The van der Waals surface area contributed by atoms with Crippen molar-refractivity contribution in [3.63, 3.8) is 0 Å². The third-order valence-corrected chi connectivity index (χ3v) is 4.46. The summed E-state index contributed by atoms with van der Waals surface area (Å²) in [6, 6.07) is 5.02. The smallest absolute Gasteiger partial charge is 0.262 e. The first kappa shape index (κ1) is 15.2.